The highest BCUT2D eigenvalue weighted by molar-refractivity contribution is 5.97. The number of imidazole rings is 1. The number of aromatic hydroxyl groups is 1. The van der Waals surface area contributed by atoms with Crippen molar-refractivity contribution in [2.75, 3.05) is 6.54 Å². The van der Waals surface area contributed by atoms with E-state index in [1.165, 1.54) is 24.7 Å². The fraction of sp³-hybridized carbons (Fsp3) is 0.561. The van der Waals surface area contributed by atoms with Gasteiger partial charge in [0, 0.05) is 31.3 Å². The number of carbonyl (C=O) groups excluding carboxylic acids is 7. The van der Waals surface area contributed by atoms with Gasteiger partial charge in [0.15, 0.2) is 5.96 Å². The number of guanidine groups is 1. The topological polar surface area (TPSA) is 394 Å². The maximum absolute atomic E-state index is 14.3. The number of aliphatic imine (C=N–C) groups is 1. The van der Waals surface area contributed by atoms with Gasteiger partial charge in [-0.1, -0.05) is 53.7 Å². The van der Waals surface area contributed by atoms with Crippen molar-refractivity contribution < 1.29 is 48.6 Å². The predicted octanol–water partition coefficient (Wildman–Crippen LogP) is -2.49. The summed E-state index contributed by atoms with van der Waals surface area (Å²) in [6, 6.07) is -3.22. The molecular formula is C41H65N13O10. The van der Waals surface area contributed by atoms with Crippen LogP contribution in [0.15, 0.2) is 41.8 Å². The van der Waals surface area contributed by atoms with E-state index in [1.807, 2.05) is 0 Å². The number of aromatic amines is 1. The van der Waals surface area contributed by atoms with Gasteiger partial charge in [-0.15, -0.1) is 0 Å². The second kappa shape index (κ2) is 26.0. The number of phenols is 1. The normalized spacial score (nSPS) is 14.5. The maximum Gasteiger partial charge on any atom is 0.326 e. The zero-order chi connectivity index (χ0) is 48.3. The molecule has 23 nitrogen and oxygen atoms in total. The van der Waals surface area contributed by atoms with Gasteiger partial charge in [-0.3, -0.25) is 38.6 Å². The van der Waals surface area contributed by atoms with Crippen LogP contribution in [0.4, 0.5) is 0 Å². The standard InChI is InChI=1S/C41H65N13O10/c1-20(2)14-27(37(60)54-33(22(5)6)39(62)53-30(40(63)64)17-31(42)56)50-34(57)26(8-7-13-47-41(44)45)49-36(59)29(16-24-18-46-19-48-24)51-35(58)28(52-38(61)32(43)21(3)4)15-23-9-11-25(55)12-10-23/h9-12,18-22,26-30,32-33,55H,7-8,13-17,43H2,1-6H3,(H2,42,56)(H,46,48)(H,49,59)(H,50,57)(H,51,58)(H,52,61)(H,53,62)(H,54,60)(H,63,64)(H4,44,45,47). The fourth-order valence-electron chi connectivity index (χ4n) is 6.22. The third-order valence-corrected chi connectivity index (χ3v) is 9.83. The van der Waals surface area contributed by atoms with Gasteiger partial charge in [0.2, 0.25) is 41.4 Å². The monoisotopic (exact) mass is 899 g/mol. The first-order valence-electron chi connectivity index (χ1n) is 20.9. The van der Waals surface area contributed by atoms with E-state index < -0.39 is 102 Å². The summed E-state index contributed by atoms with van der Waals surface area (Å²) < 4.78 is 0. The van der Waals surface area contributed by atoms with Crippen LogP contribution in [0.3, 0.4) is 0 Å². The van der Waals surface area contributed by atoms with E-state index in [1.54, 1.807) is 53.7 Å². The number of amides is 7. The number of carbonyl (C=O) groups is 8. The van der Waals surface area contributed by atoms with Crippen LogP contribution in [-0.4, -0.2) is 122 Å². The Morgan fingerprint density at radius 2 is 1.22 bits per heavy atom. The molecule has 1 heterocycles. The summed E-state index contributed by atoms with van der Waals surface area (Å²) in [5, 5.41) is 34.8. The van der Waals surface area contributed by atoms with Gasteiger partial charge in [0.1, 0.15) is 42.0 Å². The lowest BCUT2D eigenvalue weighted by Crippen LogP contribution is -2.61. The molecular weight excluding hydrogens is 835 g/mol. The molecule has 64 heavy (non-hydrogen) atoms. The Kier molecular flexibility index (Phi) is 21.7. The van der Waals surface area contributed by atoms with Crippen LogP contribution in [0.2, 0.25) is 0 Å². The Balaban J connectivity index is 2.47. The van der Waals surface area contributed by atoms with Crippen LogP contribution < -0.4 is 54.8 Å². The van der Waals surface area contributed by atoms with Crippen LogP contribution in [-0.2, 0) is 51.2 Å². The second-order valence-electron chi connectivity index (χ2n) is 16.5. The van der Waals surface area contributed by atoms with Crippen molar-refractivity contribution in [3.63, 3.8) is 0 Å². The molecule has 7 amide bonds. The van der Waals surface area contributed by atoms with E-state index in [9.17, 15) is 48.6 Å². The highest BCUT2D eigenvalue weighted by atomic mass is 16.4. The number of primary amides is 1. The minimum absolute atomic E-state index is 0.0171. The van der Waals surface area contributed by atoms with Gasteiger partial charge in [0.05, 0.1) is 18.8 Å². The lowest BCUT2D eigenvalue weighted by molar-refractivity contribution is -0.144. The molecule has 0 spiro atoms. The SMILES string of the molecule is CC(C)CC(NC(=O)C(CCCN=C(N)N)NC(=O)C(Cc1cnc[nH]1)NC(=O)C(Cc1ccc(O)cc1)NC(=O)C(N)C(C)C)C(=O)NC(C(=O)NC(CC(N)=O)C(=O)O)C(C)C. The first-order valence-corrected chi connectivity index (χ1v) is 20.9. The van der Waals surface area contributed by atoms with Crippen molar-refractivity contribution in [1.29, 1.82) is 0 Å². The lowest BCUT2D eigenvalue weighted by atomic mass is 9.99. The lowest BCUT2D eigenvalue weighted by Gasteiger charge is -2.29. The number of hydrogen-bond acceptors (Lipinski definition) is 12. The Labute approximate surface area is 371 Å². The van der Waals surface area contributed by atoms with E-state index in [-0.39, 0.29) is 62.2 Å². The number of carboxylic acids is 1. The number of rotatable bonds is 27. The van der Waals surface area contributed by atoms with Crippen molar-refractivity contribution in [3.05, 3.63) is 48.0 Å². The van der Waals surface area contributed by atoms with E-state index in [0.717, 1.165) is 0 Å². The molecule has 0 radical (unpaired) electrons. The maximum atomic E-state index is 14.3. The predicted molar refractivity (Wildman–Crippen MR) is 234 cm³/mol. The third kappa shape index (κ3) is 18.7. The summed E-state index contributed by atoms with van der Waals surface area (Å²) in [7, 11) is 0. The number of hydrogen-bond donors (Lipinski definition) is 13. The molecule has 0 aliphatic rings. The number of H-pyrrole nitrogens is 1. The highest BCUT2D eigenvalue weighted by Crippen LogP contribution is 2.14. The van der Waals surface area contributed by atoms with E-state index in [2.05, 4.69) is 46.9 Å². The van der Waals surface area contributed by atoms with Crippen LogP contribution in [0.5, 0.6) is 5.75 Å². The van der Waals surface area contributed by atoms with E-state index in [4.69, 9.17) is 22.9 Å². The molecule has 7 atom stereocenters. The summed E-state index contributed by atoms with van der Waals surface area (Å²) >= 11 is 0. The number of nitrogens with two attached hydrogens (primary N) is 4. The summed E-state index contributed by atoms with van der Waals surface area (Å²) in [4.78, 5) is 117. The highest BCUT2D eigenvalue weighted by Gasteiger charge is 2.35. The summed E-state index contributed by atoms with van der Waals surface area (Å²) in [5.74, 6) is -8.52. The molecule has 0 fully saturated rings. The minimum atomic E-state index is -1.66. The Hall–Kier alpha value is -6.78. The average Bonchev–Trinajstić information content (AvgIpc) is 3.72. The molecule has 0 saturated heterocycles. The van der Waals surface area contributed by atoms with Crippen LogP contribution in [0.25, 0.3) is 0 Å². The Morgan fingerprint density at radius 3 is 1.73 bits per heavy atom. The first kappa shape index (κ1) is 53.4. The molecule has 2 rings (SSSR count). The van der Waals surface area contributed by atoms with Crippen LogP contribution in [0.1, 0.15) is 78.5 Å². The van der Waals surface area contributed by atoms with Gasteiger partial charge >= 0.3 is 5.97 Å². The zero-order valence-corrected chi connectivity index (χ0v) is 37.1. The van der Waals surface area contributed by atoms with Crippen LogP contribution in [0, 0.1) is 17.8 Å². The van der Waals surface area contributed by atoms with Crippen molar-refractivity contribution in [1.82, 2.24) is 41.9 Å². The number of nitrogens with zero attached hydrogens (tertiary/aromatic N) is 2. The Morgan fingerprint density at radius 1 is 0.688 bits per heavy atom. The van der Waals surface area contributed by atoms with E-state index >= 15 is 0 Å². The van der Waals surface area contributed by atoms with Gasteiger partial charge in [-0.25, -0.2) is 9.78 Å². The fourth-order valence-corrected chi connectivity index (χ4v) is 6.22. The number of phenolic OH excluding ortho intramolecular Hbond substituents is 1. The average molecular weight is 900 g/mol. The first-order chi connectivity index (χ1) is 30.0. The molecule has 1 aromatic carbocycles. The van der Waals surface area contributed by atoms with Gasteiger partial charge in [-0.2, -0.15) is 0 Å². The summed E-state index contributed by atoms with van der Waals surface area (Å²) in [6.45, 7) is 10.3. The molecule has 23 heteroatoms. The summed E-state index contributed by atoms with van der Waals surface area (Å²) in [5.41, 5.74) is 23.2. The van der Waals surface area contributed by atoms with Crippen molar-refractivity contribution in [3.8, 4) is 5.75 Å². The smallest absolute Gasteiger partial charge is 0.326 e. The molecule has 0 saturated carbocycles. The van der Waals surface area contributed by atoms with Crippen molar-refractivity contribution in [2.45, 2.75) is 122 Å². The second-order valence-corrected chi connectivity index (χ2v) is 16.5. The van der Waals surface area contributed by atoms with Crippen molar-refractivity contribution in [2.24, 2.45) is 45.7 Å². The quantitative estimate of drug-likeness (QED) is 0.0251. The van der Waals surface area contributed by atoms with Crippen LogP contribution >= 0.6 is 0 Å². The molecule has 1 aromatic heterocycles. The number of aromatic nitrogens is 2. The number of benzene rings is 1. The van der Waals surface area contributed by atoms with Gasteiger partial charge in [-0.05, 0) is 54.7 Å². The number of nitrogens with one attached hydrogen (secondary N) is 7. The Bertz CT molecular complexity index is 1920. The molecule has 354 valence electrons. The molecule has 2 aromatic rings. The summed E-state index contributed by atoms with van der Waals surface area (Å²) in [6.07, 6.45) is 2.07. The van der Waals surface area contributed by atoms with Gasteiger partial charge in [0.25, 0.3) is 0 Å². The minimum Gasteiger partial charge on any atom is -0.508 e. The molecule has 17 N–H and O–H groups in total. The zero-order valence-electron chi connectivity index (χ0n) is 37.1. The van der Waals surface area contributed by atoms with Crippen molar-refractivity contribution >= 4 is 53.3 Å². The largest absolute Gasteiger partial charge is 0.508 e. The number of aliphatic carboxylic acids is 1. The molecule has 7 unspecified atom stereocenters. The number of carboxylic acid groups (broad SMARTS) is 1. The molecule has 0 bridgehead atoms. The molecule has 0 aliphatic heterocycles. The molecule has 0 aliphatic carbocycles. The third-order valence-electron chi connectivity index (χ3n) is 9.83. The van der Waals surface area contributed by atoms with Gasteiger partial charge < -0.3 is 70.0 Å². The van der Waals surface area contributed by atoms with E-state index in [0.29, 0.717) is 11.3 Å².